The number of rotatable bonds is 11. The number of piperazine rings is 1. The van der Waals surface area contributed by atoms with E-state index in [-0.39, 0.29) is 35.1 Å². The molecular formula is C31H42ClFN4O4S. The van der Waals surface area contributed by atoms with Crippen molar-refractivity contribution >= 4 is 33.2 Å². The average molecular weight is 621 g/mol. The number of amides is 1. The van der Waals surface area contributed by atoms with Crippen molar-refractivity contribution in [2.75, 3.05) is 38.7 Å². The Morgan fingerprint density at radius 3 is 2.50 bits per heavy atom. The summed E-state index contributed by atoms with van der Waals surface area (Å²) in [7, 11) is -1.62. The van der Waals surface area contributed by atoms with Crippen molar-refractivity contribution in [3.63, 3.8) is 0 Å². The number of anilines is 1. The Balaban J connectivity index is 1.36. The molecule has 42 heavy (non-hydrogen) atoms. The summed E-state index contributed by atoms with van der Waals surface area (Å²) in [5.74, 6) is -0.581. The quantitative estimate of drug-likeness (QED) is 0.346. The molecule has 4 atom stereocenters. The summed E-state index contributed by atoms with van der Waals surface area (Å²) in [6, 6.07) is 11.3. The van der Waals surface area contributed by atoms with Gasteiger partial charge in [-0.2, -0.15) is 4.31 Å². The molecule has 3 fully saturated rings. The van der Waals surface area contributed by atoms with Crippen LogP contribution in [0.15, 0.2) is 42.5 Å². The van der Waals surface area contributed by atoms with E-state index in [1.807, 2.05) is 31.2 Å². The van der Waals surface area contributed by atoms with Crippen molar-refractivity contribution < 1.29 is 22.3 Å². The van der Waals surface area contributed by atoms with Crippen LogP contribution in [0.25, 0.3) is 0 Å². The van der Waals surface area contributed by atoms with Gasteiger partial charge in [0, 0.05) is 60.6 Å². The summed E-state index contributed by atoms with van der Waals surface area (Å²) >= 11 is 6.17. The number of ether oxygens (including phenoxy) is 1. The number of sulfonamides is 1. The highest BCUT2D eigenvalue weighted by Gasteiger charge is 2.45. The van der Waals surface area contributed by atoms with Gasteiger partial charge >= 0.3 is 0 Å². The normalized spacial score (nSPS) is 23.8. The predicted molar refractivity (Wildman–Crippen MR) is 164 cm³/mol. The Labute approximate surface area is 253 Å². The molecule has 2 aliphatic heterocycles. The van der Waals surface area contributed by atoms with Crippen molar-refractivity contribution in [3.8, 4) is 0 Å². The molecule has 2 aromatic rings. The molecule has 2 heterocycles. The van der Waals surface area contributed by atoms with E-state index < -0.39 is 21.9 Å². The van der Waals surface area contributed by atoms with Crippen LogP contribution < -0.4 is 16.0 Å². The minimum Gasteiger partial charge on any atom is -0.381 e. The van der Waals surface area contributed by atoms with Gasteiger partial charge in [-0.25, -0.2) is 12.8 Å². The lowest BCUT2D eigenvalue weighted by molar-refractivity contribution is -0.119. The van der Waals surface area contributed by atoms with Crippen molar-refractivity contribution in [3.05, 3.63) is 64.4 Å². The third-order valence-corrected chi connectivity index (χ3v) is 11.8. The van der Waals surface area contributed by atoms with Crippen molar-refractivity contribution in [2.45, 2.75) is 74.7 Å². The summed E-state index contributed by atoms with van der Waals surface area (Å²) in [4.78, 5) is 13.9. The third-order valence-electron chi connectivity index (χ3n) is 8.94. The Kier molecular flexibility index (Phi) is 10.2. The van der Waals surface area contributed by atoms with E-state index in [0.29, 0.717) is 68.3 Å². The largest absolute Gasteiger partial charge is 0.381 e. The molecule has 0 aromatic heterocycles. The first-order valence-corrected chi connectivity index (χ1v) is 16.9. The van der Waals surface area contributed by atoms with Gasteiger partial charge in [0.1, 0.15) is 5.82 Å². The van der Waals surface area contributed by atoms with E-state index in [9.17, 15) is 13.2 Å². The number of hydrogen-bond acceptors (Lipinski definition) is 6. The molecular weight excluding hydrogens is 579 g/mol. The van der Waals surface area contributed by atoms with Crippen LogP contribution in [0.1, 0.15) is 56.1 Å². The smallest absolute Gasteiger partial charge is 0.242 e. The monoisotopic (exact) mass is 620 g/mol. The van der Waals surface area contributed by atoms with Gasteiger partial charge in [0.15, 0.2) is 0 Å². The number of nitrogens with one attached hydrogen (secondary N) is 3. The molecule has 0 bridgehead atoms. The van der Waals surface area contributed by atoms with Gasteiger partial charge in [0.2, 0.25) is 15.9 Å². The van der Waals surface area contributed by atoms with Gasteiger partial charge in [0.05, 0.1) is 11.3 Å². The summed E-state index contributed by atoms with van der Waals surface area (Å²) in [6.07, 6.45) is 3.80. The van der Waals surface area contributed by atoms with Gasteiger partial charge < -0.3 is 20.7 Å². The van der Waals surface area contributed by atoms with Crippen LogP contribution in [0.4, 0.5) is 10.1 Å². The Bertz CT molecular complexity index is 1330. The number of benzene rings is 2. The highest BCUT2D eigenvalue weighted by molar-refractivity contribution is 7.90. The van der Waals surface area contributed by atoms with Gasteiger partial charge in [0.25, 0.3) is 0 Å². The van der Waals surface area contributed by atoms with E-state index in [2.05, 4.69) is 16.0 Å². The highest BCUT2D eigenvalue weighted by Crippen LogP contribution is 2.37. The molecule has 3 aliphatic rings. The molecule has 3 N–H and O–H groups in total. The van der Waals surface area contributed by atoms with Gasteiger partial charge in [-0.3, -0.25) is 4.79 Å². The predicted octanol–water partition coefficient (Wildman–Crippen LogP) is 4.30. The van der Waals surface area contributed by atoms with Gasteiger partial charge in [-0.15, -0.1) is 0 Å². The second-order valence-corrected chi connectivity index (χ2v) is 14.4. The molecule has 0 radical (unpaired) electrons. The van der Waals surface area contributed by atoms with Crippen LogP contribution in [-0.2, 0) is 26.0 Å². The highest BCUT2D eigenvalue weighted by atomic mass is 35.5. The van der Waals surface area contributed by atoms with Gasteiger partial charge in [-0.1, -0.05) is 29.8 Å². The second-order valence-electron chi connectivity index (χ2n) is 11.8. The van der Waals surface area contributed by atoms with Crippen LogP contribution in [0.5, 0.6) is 0 Å². The molecule has 0 spiro atoms. The fourth-order valence-electron chi connectivity index (χ4n) is 6.65. The van der Waals surface area contributed by atoms with Crippen molar-refractivity contribution in [1.29, 1.82) is 0 Å². The van der Waals surface area contributed by atoms with E-state index in [0.717, 1.165) is 18.4 Å². The number of carbonyl (C=O) groups excluding carboxylic acids is 1. The number of nitrogens with zero attached hydrogens (tertiary/aromatic N) is 1. The molecule has 2 saturated heterocycles. The van der Waals surface area contributed by atoms with Crippen LogP contribution in [-0.4, -0.2) is 75.4 Å². The molecule has 230 valence electrons. The van der Waals surface area contributed by atoms with E-state index in [1.54, 1.807) is 23.5 Å². The number of likely N-dealkylation sites (N-methyl/N-ethyl adjacent to an activating group) is 1. The lowest BCUT2D eigenvalue weighted by Crippen LogP contribution is -2.59. The Morgan fingerprint density at radius 2 is 1.83 bits per heavy atom. The SMILES string of the molecule is CN[C@H](C(=O)Nc1cccc(F)c1CC[C@H]1CNC[C@H](C)N1S(=O)(=O)C1CC1)C(c1ccc(Cl)cc1)C1CCOCC1. The van der Waals surface area contributed by atoms with E-state index in [4.69, 9.17) is 16.3 Å². The minimum absolute atomic E-state index is 0.135. The van der Waals surface area contributed by atoms with Gasteiger partial charge in [-0.05, 0) is 88.2 Å². The van der Waals surface area contributed by atoms with E-state index >= 15 is 4.39 Å². The minimum atomic E-state index is -3.39. The lowest BCUT2D eigenvalue weighted by Gasteiger charge is -2.40. The maximum atomic E-state index is 15.3. The first-order valence-electron chi connectivity index (χ1n) is 15.0. The molecule has 1 unspecified atom stereocenters. The number of carbonyl (C=O) groups is 1. The molecule has 1 aliphatic carbocycles. The average Bonchev–Trinajstić information content (AvgIpc) is 3.83. The zero-order chi connectivity index (χ0) is 29.9. The summed E-state index contributed by atoms with van der Waals surface area (Å²) in [5.41, 5.74) is 1.81. The van der Waals surface area contributed by atoms with E-state index in [1.165, 1.54) is 6.07 Å². The number of halogens is 2. The first kappa shape index (κ1) is 31.3. The molecule has 1 amide bonds. The molecule has 2 aromatic carbocycles. The van der Waals surface area contributed by atoms with Crippen LogP contribution in [0.3, 0.4) is 0 Å². The molecule has 11 heteroatoms. The van der Waals surface area contributed by atoms with Crippen molar-refractivity contribution in [1.82, 2.24) is 14.9 Å². The zero-order valence-corrected chi connectivity index (χ0v) is 25.9. The molecule has 5 rings (SSSR count). The maximum Gasteiger partial charge on any atom is 0.242 e. The standard InChI is InChI=1S/C31H42ClFN4O4S/c1-20-18-35-19-24(37(20)42(39,40)25-11-12-25)10-13-26-27(33)4-3-5-28(26)36-31(38)30(34-2)29(22-14-16-41-17-15-22)21-6-8-23(32)9-7-21/h3-9,20,22,24-25,29-30,34-35H,10-19H2,1-2H3,(H,36,38)/t20-,24-,29?,30-/m0/s1. The maximum absolute atomic E-state index is 15.3. The van der Waals surface area contributed by atoms with Crippen molar-refractivity contribution in [2.24, 2.45) is 5.92 Å². The van der Waals surface area contributed by atoms with Crippen LogP contribution >= 0.6 is 11.6 Å². The summed E-state index contributed by atoms with van der Waals surface area (Å²) in [6.45, 7) is 4.31. The zero-order valence-electron chi connectivity index (χ0n) is 24.3. The Morgan fingerprint density at radius 1 is 1.12 bits per heavy atom. The Hall–Kier alpha value is -2.08. The fourth-order valence-corrected chi connectivity index (χ4v) is 9.02. The van der Waals surface area contributed by atoms with Crippen LogP contribution in [0, 0.1) is 11.7 Å². The molecule has 1 saturated carbocycles. The topological polar surface area (TPSA) is 99.8 Å². The second kappa shape index (κ2) is 13.7. The fraction of sp³-hybridized carbons (Fsp3) is 0.581. The third kappa shape index (κ3) is 7.00. The number of hydrogen-bond donors (Lipinski definition) is 3. The molecule has 8 nitrogen and oxygen atoms in total. The summed E-state index contributed by atoms with van der Waals surface area (Å²) in [5, 5.41) is 9.92. The van der Waals surface area contributed by atoms with Crippen LogP contribution in [0.2, 0.25) is 5.02 Å². The lowest BCUT2D eigenvalue weighted by atomic mass is 9.76. The summed E-state index contributed by atoms with van der Waals surface area (Å²) < 4.78 is 49.0. The first-order chi connectivity index (χ1) is 20.2.